The predicted molar refractivity (Wildman–Crippen MR) is 77.2 cm³/mol. The number of nitrogens with two attached hydrogens (primary N) is 1. The van der Waals surface area contributed by atoms with Crippen LogP contribution >= 0.6 is 0 Å². The molecule has 0 saturated carbocycles. The maximum absolute atomic E-state index is 12.2. The van der Waals surface area contributed by atoms with E-state index in [-0.39, 0.29) is 17.4 Å². The number of rotatable bonds is 5. The highest BCUT2D eigenvalue weighted by Gasteiger charge is 2.26. The molecule has 116 valence electrons. The van der Waals surface area contributed by atoms with Gasteiger partial charge in [-0.1, -0.05) is 13.8 Å². The fourth-order valence-electron chi connectivity index (χ4n) is 2.39. The number of ether oxygens (including phenoxy) is 1. The molecule has 0 aromatic heterocycles. The van der Waals surface area contributed by atoms with Crippen LogP contribution in [0.25, 0.3) is 0 Å². The first kappa shape index (κ1) is 16.8. The topological polar surface area (TPSA) is 75.9 Å². The Morgan fingerprint density at radius 1 is 1.10 bits per heavy atom. The number of hydrogen-bond acceptors (Lipinski definition) is 4. The van der Waals surface area contributed by atoms with Crippen LogP contribution in [0.3, 0.4) is 0 Å². The third-order valence-corrected chi connectivity index (χ3v) is 3.90. The Morgan fingerprint density at radius 3 is 2.15 bits per heavy atom. The molecule has 2 N–H and O–H groups in total. The summed E-state index contributed by atoms with van der Waals surface area (Å²) in [6.07, 6.45) is 2.00. The molecule has 20 heavy (non-hydrogen) atoms. The van der Waals surface area contributed by atoms with E-state index in [1.165, 1.54) is 7.11 Å². The summed E-state index contributed by atoms with van der Waals surface area (Å²) >= 11 is 0. The average molecular weight is 285 g/mol. The van der Waals surface area contributed by atoms with E-state index in [0.717, 1.165) is 12.8 Å². The zero-order valence-electron chi connectivity index (χ0n) is 12.9. The molecule has 0 aliphatic carbocycles. The Hall–Kier alpha value is -1.30. The smallest absolute Gasteiger partial charge is 0.409 e. The van der Waals surface area contributed by atoms with Gasteiger partial charge in [0.1, 0.15) is 0 Å². The van der Waals surface area contributed by atoms with Crippen molar-refractivity contribution in [3.05, 3.63) is 0 Å². The summed E-state index contributed by atoms with van der Waals surface area (Å²) < 4.78 is 4.68. The molecule has 1 heterocycles. The van der Waals surface area contributed by atoms with Gasteiger partial charge in [0.2, 0.25) is 5.91 Å². The molecule has 1 aliphatic rings. The van der Waals surface area contributed by atoms with E-state index in [1.54, 1.807) is 4.90 Å². The molecular formula is C14H27N3O3. The van der Waals surface area contributed by atoms with E-state index in [4.69, 9.17) is 5.73 Å². The number of amides is 2. The molecule has 0 bridgehead atoms. The van der Waals surface area contributed by atoms with Gasteiger partial charge in [0.05, 0.1) is 7.11 Å². The van der Waals surface area contributed by atoms with Crippen molar-refractivity contribution in [1.29, 1.82) is 0 Å². The van der Waals surface area contributed by atoms with Gasteiger partial charge >= 0.3 is 6.09 Å². The summed E-state index contributed by atoms with van der Waals surface area (Å²) in [5.41, 5.74) is 5.69. The van der Waals surface area contributed by atoms with E-state index in [2.05, 4.69) is 18.6 Å². The van der Waals surface area contributed by atoms with Gasteiger partial charge in [-0.2, -0.15) is 0 Å². The molecule has 1 fully saturated rings. The highest BCUT2D eigenvalue weighted by Crippen LogP contribution is 2.26. The fourth-order valence-corrected chi connectivity index (χ4v) is 2.39. The predicted octanol–water partition coefficient (Wildman–Crippen LogP) is 1.05. The van der Waals surface area contributed by atoms with Crippen LogP contribution in [-0.4, -0.2) is 61.6 Å². The van der Waals surface area contributed by atoms with Crippen molar-refractivity contribution < 1.29 is 14.3 Å². The number of nitrogens with zero attached hydrogens (tertiary/aromatic N) is 2. The van der Waals surface area contributed by atoms with Crippen molar-refractivity contribution in [2.24, 2.45) is 11.1 Å². The number of piperazine rings is 1. The van der Waals surface area contributed by atoms with Crippen LogP contribution in [0.1, 0.15) is 33.1 Å². The molecule has 0 aromatic rings. The lowest BCUT2D eigenvalue weighted by atomic mass is 9.84. The molecule has 0 radical (unpaired) electrons. The number of carbonyl (C=O) groups excluding carboxylic acids is 2. The van der Waals surface area contributed by atoms with E-state index < -0.39 is 0 Å². The Labute approximate surface area is 121 Å². The van der Waals surface area contributed by atoms with Gasteiger partial charge in [-0.3, -0.25) is 4.79 Å². The second kappa shape index (κ2) is 7.47. The molecular weight excluding hydrogens is 258 g/mol. The normalized spacial score (nSPS) is 16.2. The van der Waals surface area contributed by atoms with Crippen LogP contribution in [0.4, 0.5) is 4.79 Å². The fraction of sp³-hybridized carbons (Fsp3) is 0.857. The minimum Gasteiger partial charge on any atom is -0.453 e. The Kier molecular flexibility index (Phi) is 6.26. The molecule has 1 saturated heterocycles. The summed E-state index contributed by atoms with van der Waals surface area (Å²) in [4.78, 5) is 27.0. The van der Waals surface area contributed by atoms with E-state index in [1.807, 2.05) is 4.90 Å². The van der Waals surface area contributed by atoms with Crippen molar-refractivity contribution in [1.82, 2.24) is 9.80 Å². The monoisotopic (exact) mass is 285 g/mol. The summed E-state index contributed by atoms with van der Waals surface area (Å²) in [7, 11) is 1.37. The molecule has 6 heteroatoms. The van der Waals surface area contributed by atoms with Crippen LogP contribution in [-0.2, 0) is 9.53 Å². The van der Waals surface area contributed by atoms with Crippen LogP contribution in [0, 0.1) is 5.41 Å². The third-order valence-electron chi connectivity index (χ3n) is 3.90. The van der Waals surface area contributed by atoms with Crippen molar-refractivity contribution in [3.8, 4) is 0 Å². The minimum absolute atomic E-state index is 0.109. The van der Waals surface area contributed by atoms with Crippen LogP contribution < -0.4 is 5.73 Å². The SMILES string of the molecule is COC(=O)N1CCN(C(=O)CCC(C)(C)CCN)CC1. The van der Waals surface area contributed by atoms with Crippen molar-refractivity contribution >= 4 is 12.0 Å². The Morgan fingerprint density at radius 2 is 1.65 bits per heavy atom. The van der Waals surface area contributed by atoms with Gasteiger partial charge in [-0.05, 0) is 24.8 Å². The Bertz CT molecular complexity index is 337. The first-order chi connectivity index (χ1) is 9.39. The molecule has 0 aromatic carbocycles. The third kappa shape index (κ3) is 5.00. The van der Waals surface area contributed by atoms with Gasteiger partial charge < -0.3 is 20.3 Å². The molecule has 0 atom stereocenters. The zero-order chi connectivity index (χ0) is 15.2. The molecule has 1 aliphatic heterocycles. The summed E-state index contributed by atoms with van der Waals surface area (Å²) in [5, 5.41) is 0. The number of methoxy groups -OCH3 is 1. The highest BCUT2D eigenvalue weighted by molar-refractivity contribution is 5.76. The quantitative estimate of drug-likeness (QED) is 0.819. The summed E-state index contributed by atoms with van der Waals surface area (Å²) in [6, 6.07) is 0. The second-order valence-electron chi connectivity index (χ2n) is 6.04. The lowest BCUT2D eigenvalue weighted by Crippen LogP contribution is -2.50. The molecule has 2 amide bonds. The van der Waals surface area contributed by atoms with Gasteiger partial charge in [0, 0.05) is 32.6 Å². The lowest BCUT2D eigenvalue weighted by molar-refractivity contribution is -0.133. The van der Waals surface area contributed by atoms with Crippen LogP contribution in [0.5, 0.6) is 0 Å². The zero-order valence-corrected chi connectivity index (χ0v) is 12.9. The Balaban J connectivity index is 2.34. The number of hydrogen-bond donors (Lipinski definition) is 1. The van der Waals surface area contributed by atoms with E-state index >= 15 is 0 Å². The van der Waals surface area contributed by atoms with Gasteiger partial charge in [0.15, 0.2) is 0 Å². The molecule has 1 rings (SSSR count). The van der Waals surface area contributed by atoms with Crippen molar-refractivity contribution in [2.75, 3.05) is 39.8 Å². The van der Waals surface area contributed by atoms with E-state index in [0.29, 0.717) is 39.1 Å². The maximum atomic E-state index is 12.2. The second-order valence-corrected chi connectivity index (χ2v) is 6.04. The van der Waals surface area contributed by atoms with Crippen LogP contribution in [0.2, 0.25) is 0 Å². The van der Waals surface area contributed by atoms with Gasteiger partial charge in [0.25, 0.3) is 0 Å². The van der Waals surface area contributed by atoms with Crippen molar-refractivity contribution in [2.45, 2.75) is 33.1 Å². The maximum Gasteiger partial charge on any atom is 0.409 e. The average Bonchev–Trinajstić information content (AvgIpc) is 2.44. The molecule has 6 nitrogen and oxygen atoms in total. The first-order valence-corrected chi connectivity index (χ1v) is 7.20. The molecule has 0 spiro atoms. The first-order valence-electron chi connectivity index (χ1n) is 7.20. The summed E-state index contributed by atoms with van der Waals surface area (Å²) in [5.74, 6) is 0.166. The summed E-state index contributed by atoms with van der Waals surface area (Å²) in [6.45, 7) is 7.20. The van der Waals surface area contributed by atoms with Gasteiger partial charge in [-0.15, -0.1) is 0 Å². The van der Waals surface area contributed by atoms with Gasteiger partial charge in [-0.25, -0.2) is 4.79 Å². The van der Waals surface area contributed by atoms with E-state index in [9.17, 15) is 9.59 Å². The largest absolute Gasteiger partial charge is 0.453 e. The lowest BCUT2D eigenvalue weighted by Gasteiger charge is -2.34. The standard InChI is InChI=1S/C14H27N3O3/c1-14(2,6-7-15)5-4-12(18)16-8-10-17(11-9-16)13(19)20-3/h4-11,15H2,1-3H3. The highest BCUT2D eigenvalue weighted by atomic mass is 16.5. The van der Waals surface area contributed by atoms with Crippen molar-refractivity contribution in [3.63, 3.8) is 0 Å². The van der Waals surface area contributed by atoms with Crippen LogP contribution in [0.15, 0.2) is 0 Å². The minimum atomic E-state index is -0.318. The molecule has 0 unspecified atom stereocenters. The number of carbonyl (C=O) groups is 2.